The molecule has 0 amide bonds. The van der Waals surface area contributed by atoms with Crippen LogP contribution in [0.1, 0.15) is 18.4 Å². The zero-order chi connectivity index (χ0) is 8.55. The average molecular weight is 273 g/mol. The van der Waals surface area contributed by atoms with Gasteiger partial charge in [0, 0.05) is 15.3 Å². The summed E-state index contributed by atoms with van der Waals surface area (Å²) in [5, 5.41) is 3.52. The number of rotatable bonds is 2. The van der Waals surface area contributed by atoms with Gasteiger partial charge in [-0.3, -0.25) is 0 Å². The van der Waals surface area contributed by atoms with Gasteiger partial charge in [0.25, 0.3) is 0 Å². The van der Waals surface area contributed by atoms with E-state index in [-0.39, 0.29) is 0 Å². The summed E-state index contributed by atoms with van der Waals surface area (Å²) < 4.78 is 1.35. The van der Waals surface area contributed by atoms with Crippen molar-refractivity contribution in [3.63, 3.8) is 0 Å². The molecule has 1 nitrogen and oxygen atoms in total. The number of anilines is 1. The number of hydrogen-bond acceptors (Lipinski definition) is 1. The summed E-state index contributed by atoms with van der Waals surface area (Å²) in [4.78, 5) is 0. The first kappa shape index (κ1) is 8.35. The van der Waals surface area contributed by atoms with Crippen molar-refractivity contribution >= 4 is 28.3 Å². The lowest BCUT2D eigenvalue weighted by atomic mass is 10.2. The van der Waals surface area contributed by atoms with E-state index in [9.17, 15) is 0 Å². The van der Waals surface area contributed by atoms with Crippen molar-refractivity contribution in [2.45, 2.75) is 25.8 Å². The summed E-state index contributed by atoms with van der Waals surface area (Å²) in [6.45, 7) is 2.17. The highest BCUT2D eigenvalue weighted by Crippen LogP contribution is 2.28. The van der Waals surface area contributed by atoms with Gasteiger partial charge in [-0.15, -0.1) is 0 Å². The van der Waals surface area contributed by atoms with Crippen LogP contribution in [0, 0.1) is 10.5 Å². The highest BCUT2D eigenvalue weighted by Gasteiger charge is 2.21. The first-order valence-electron chi connectivity index (χ1n) is 4.29. The Bertz CT molecular complexity index is 292. The van der Waals surface area contributed by atoms with Gasteiger partial charge < -0.3 is 5.32 Å². The molecule has 64 valence electrons. The summed E-state index contributed by atoms with van der Waals surface area (Å²) >= 11 is 2.38. The predicted octanol–water partition coefficient (Wildman–Crippen LogP) is 3.17. The van der Waals surface area contributed by atoms with Crippen molar-refractivity contribution in [3.05, 3.63) is 27.3 Å². The maximum atomic E-state index is 3.52. The molecule has 1 aliphatic carbocycles. The van der Waals surface area contributed by atoms with Gasteiger partial charge in [0.05, 0.1) is 0 Å². The van der Waals surface area contributed by atoms with Gasteiger partial charge in [-0.25, -0.2) is 0 Å². The number of benzene rings is 1. The molecule has 0 saturated heterocycles. The van der Waals surface area contributed by atoms with Crippen molar-refractivity contribution in [1.82, 2.24) is 0 Å². The molecular weight excluding hydrogens is 261 g/mol. The van der Waals surface area contributed by atoms with E-state index in [1.807, 2.05) is 0 Å². The molecule has 0 radical (unpaired) electrons. The molecule has 0 atom stereocenters. The Morgan fingerprint density at radius 2 is 2.17 bits per heavy atom. The Balaban J connectivity index is 2.23. The average Bonchev–Trinajstić information content (AvgIpc) is 2.83. The zero-order valence-electron chi connectivity index (χ0n) is 7.10. The van der Waals surface area contributed by atoms with E-state index in [1.54, 1.807) is 0 Å². The summed E-state index contributed by atoms with van der Waals surface area (Å²) in [5.74, 6) is 0. The van der Waals surface area contributed by atoms with E-state index in [2.05, 4.69) is 53.0 Å². The maximum absolute atomic E-state index is 3.52. The van der Waals surface area contributed by atoms with Crippen LogP contribution in [0.3, 0.4) is 0 Å². The second kappa shape index (κ2) is 3.24. The lowest BCUT2D eigenvalue weighted by Gasteiger charge is -2.08. The van der Waals surface area contributed by atoms with Crippen LogP contribution in [0.4, 0.5) is 5.69 Å². The van der Waals surface area contributed by atoms with Crippen molar-refractivity contribution in [2.24, 2.45) is 0 Å². The highest BCUT2D eigenvalue weighted by atomic mass is 127. The van der Waals surface area contributed by atoms with Crippen LogP contribution in [-0.4, -0.2) is 6.04 Å². The summed E-state index contributed by atoms with van der Waals surface area (Å²) in [6.07, 6.45) is 2.68. The number of hydrogen-bond donors (Lipinski definition) is 1. The molecule has 1 fully saturated rings. The van der Waals surface area contributed by atoms with Gasteiger partial charge in [-0.05, 0) is 60.1 Å². The molecular formula is C10H12IN. The molecule has 1 aliphatic rings. The molecule has 1 aromatic rings. The molecule has 1 saturated carbocycles. The molecule has 12 heavy (non-hydrogen) atoms. The Hall–Kier alpha value is -0.250. The van der Waals surface area contributed by atoms with E-state index in [4.69, 9.17) is 0 Å². The van der Waals surface area contributed by atoms with E-state index in [0.29, 0.717) is 0 Å². The fourth-order valence-corrected chi connectivity index (χ4v) is 1.71. The number of nitrogens with one attached hydrogen (secondary N) is 1. The van der Waals surface area contributed by atoms with Gasteiger partial charge in [0.15, 0.2) is 0 Å². The van der Waals surface area contributed by atoms with Crippen molar-refractivity contribution < 1.29 is 0 Å². The lowest BCUT2D eigenvalue weighted by Crippen LogP contribution is -2.02. The van der Waals surface area contributed by atoms with Gasteiger partial charge in [0.2, 0.25) is 0 Å². The van der Waals surface area contributed by atoms with Crippen molar-refractivity contribution in [1.29, 1.82) is 0 Å². The molecule has 1 aromatic carbocycles. The van der Waals surface area contributed by atoms with Gasteiger partial charge in [0.1, 0.15) is 0 Å². The zero-order valence-corrected chi connectivity index (χ0v) is 9.26. The minimum atomic E-state index is 0.752. The summed E-state index contributed by atoms with van der Waals surface area (Å²) in [6, 6.07) is 7.17. The molecule has 0 bridgehead atoms. The van der Waals surface area contributed by atoms with Crippen LogP contribution in [0.2, 0.25) is 0 Å². The van der Waals surface area contributed by atoms with Crippen molar-refractivity contribution in [2.75, 3.05) is 5.32 Å². The fraction of sp³-hybridized carbons (Fsp3) is 0.400. The molecule has 0 heterocycles. The number of halogens is 1. The molecule has 0 unspecified atom stereocenters. The summed E-state index contributed by atoms with van der Waals surface area (Å²) in [5.41, 5.74) is 2.69. The molecule has 0 aromatic heterocycles. The normalized spacial score (nSPS) is 16.2. The second-order valence-corrected chi connectivity index (χ2v) is 4.49. The van der Waals surface area contributed by atoms with Crippen LogP contribution in [-0.2, 0) is 0 Å². The van der Waals surface area contributed by atoms with Gasteiger partial charge in [-0.1, -0.05) is 6.07 Å². The van der Waals surface area contributed by atoms with E-state index in [0.717, 1.165) is 6.04 Å². The third kappa shape index (κ3) is 1.73. The van der Waals surface area contributed by atoms with Crippen molar-refractivity contribution in [3.8, 4) is 0 Å². The molecule has 0 spiro atoms. The van der Waals surface area contributed by atoms with Crippen LogP contribution < -0.4 is 5.32 Å². The van der Waals surface area contributed by atoms with E-state index in [1.165, 1.54) is 27.7 Å². The van der Waals surface area contributed by atoms with Crippen LogP contribution >= 0.6 is 22.6 Å². The third-order valence-corrected chi connectivity index (χ3v) is 3.37. The van der Waals surface area contributed by atoms with Gasteiger partial charge in [-0.2, -0.15) is 0 Å². The molecule has 1 N–H and O–H groups in total. The Morgan fingerprint density at radius 3 is 2.83 bits per heavy atom. The predicted molar refractivity (Wildman–Crippen MR) is 60.5 cm³/mol. The van der Waals surface area contributed by atoms with Gasteiger partial charge >= 0.3 is 0 Å². The first-order chi connectivity index (χ1) is 5.77. The largest absolute Gasteiger partial charge is 0.382 e. The van der Waals surface area contributed by atoms with Crippen LogP contribution in [0.25, 0.3) is 0 Å². The molecule has 2 rings (SSSR count). The van der Waals surface area contributed by atoms with E-state index >= 15 is 0 Å². The smallest absolute Gasteiger partial charge is 0.0382 e. The SMILES string of the molecule is Cc1c(I)cccc1NC1CC1. The van der Waals surface area contributed by atoms with Crippen LogP contribution in [0.15, 0.2) is 18.2 Å². The topological polar surface area (TPSA) is 12.0 Å². The minimum Gasteiger partial charge on any atom is -0.382 e. The van der Waals surface area contributed by atoms with Crippen LogP contribution in [0.5, 0.6) is 0 Å². The molecule has 0 aliphatic heterocycles. The first-order valence-corrected chi connectivity index (χ1v) is 5.37. The highest BCUT2D eigenvalue weighted by molar-refractivity contribution is 14.1. The Morgan fingerprint density at radius 1 is 1.42 bits per heavy atom. The monoisotopic (exact) mass is 273 g/mol. The lowest BCUT2D eigenvalue weighted by molar-refractivity contribution is 1.14. The Labute approximate surface area is 86.7 Å². The minimum absolute atomic E-state index is 0.752. The summed E-state index contributed by atoms with van der Waals surface area (Å²) in [7, 11) is 0. The third-order valence-electron chi connectivity index (χ3n) is 2.20. The maximum Gasteiger partial charge on any atom is 0.0382 e. The second-order valence-electron chi connectivity index (χ2n) is 3.33. The van der Waals surface area contributed by atoms with E-state index < -0.39 is 0 Å². The fourth-order valence-electron chi connectivity index (χ4n) is 1.21. The molecule has 2 heteroatoms. The standard InChI is InChI=1S/C10H12IN/c1-7-9(11)3-2-4-10(7)12-8-5-6-8/h2-4,8,12H,5-6H2,1H3. The quantitative estimate of drug-likeness (QED) is 0.816. The Kier molecular flexibility index (Phi) is 2.26.